The number of rotatable bonds is 3. The lowest BCUT2D eigenvalue weighted by Gasteiger charge is -2.40. The molecule has 0 atom stereocenters. The van der Waals surface area contributed by atoms with E-state index in [4.69, 9.17) is 0 Å². The van der Waals surface area contributed by atoms with Crippen molar-refractivity contribution in [2.24, 2.45) is 0 Å². The van der Waals surface area contributed by atoms with Gasteiger partial charge >= 0.3 is 0 Å². The van der Waals surface area contributed by atoms with Gasteiger partial charge in [0.05, 0.1) is 12.2 Å². The minimum atomic E-state index is 0.303. The van der Waals surface area contributed by atoms with Crippen LogP contribution in [0, 0.1) is 6.92 Å². The van der Waals surface area contributed by atoms with Gasteiger partial charge in [-0.2, -0.15) is 14.6 Å². The third-order valence-corrected chi connectivity index (χ3v) is 4.50. The van der Waals surface area contributed by atoms with E-state index < -0.39 is 0 Å². The third kappa shape index (κ3) is 2.34. The molecule has 1 aliphatic heterocycles. The summed E-state index contributed by atoms with van der Waals surface area (Å²) >= 11 is 0. The third-order valence-electron chi connectivity index (χ3n) is 4.50. The van der Waals surface area contributed by atoms with Crippen LogP contribution in [0.3, 0.4) is 0 Å². The Morgan fingerprint density at radius 1 is 1.12 bits per heavy atom. The molecule has 8 nitrogen and oxygen atoms in total. The Morgan fingerprint density at radius 3 is 2.80 bits per heavy atom. The fraction of sp³-hybridized carbons (Fsp3) is 0.235. The van der Waals surface area contributed by atoms with E-state index in [-0.39, 0.29) is 0 Å². The minimum absolute atomic E-state index is 0.303. The van der Waals surface area contributed by atoms with Crippen LogP contribution < -0.4 is 4.90 Å². The second kappa shape index (κ2) is 5.37. The zero-order valence-electron chi connectivity index (χ0n) is 13.7. The van der Waals surface area contributed by atoms with Gasteiger partial charge in [-0.3, -0.25) is 0 Å². The highest BCUT2D eigenvalue weighted by atomic mass is 15.5. The van der Waals surface area contributed by atoms with Gasteiger partial charge in [-0.05, 0) is 6.92 Å². The van der Waals surface area contributed by atoms with Crippen LogP contribution in [-0.2, 0) is 0 Å². The van der Waals surface area contributed by atoms with Gasteiger partial charge in [0.25, 0.3) is 5.78 Å². The van der Waals surface area contributed by atoms with Crippen molar-refractivity contribution in [3.8, 4) is 11.3 Å². The fourth-order valence-corrected chi connectivity index (χ4v) is 3.14. The van der Waals surface area contributed by atoms with Crippen molar-refractivity contribution in [3.63, 3.8) is 0 Å². The molecule has 0 spiro atoms. The van der Waals surface area contributed by atoms with Gasteiger partial charge in [0.1, 0.15) is 17.8 Å². The van der Waals surface area contributed by atoms with Gasteiger partial charge in [-0.15, -0.1) is 5.10 Å². The topological polar surface area (TPSA) is 77.0 Å². The predicted molar refractivity (Wildman–Crippen MR) is 92.2 cm³/mol. The molecule has 1 saturated heterocycles. The normalized spacial score (nSPS) is 14.8. The Bertz CT molecular complexity index is 1030. The van der Waals surface area contributed by atoms with Crippen LogP contribution in [-0.4, -0.2) is 47.7 Å². The number of anilines is 1. The van der Waals surface area contributed by atoms with E-state index in [1.54, 1.807) is 4.52 Å². The standard InChI is InChI=1S/C17H16N8/c1-12-7-16(25-17(20-12)18-11-19-25)23-8-14(9-23)24-10-15(21-22-24)13-5-3-2-4-6-13/h2-7,10-11,14H,8-9H2,1H3. The molecule has 0 amide bonds. The number of fused-ring (bicyclic) bond motifs is 1. The monoisotopic (exact) mass is 332 g/mol. The van der Waals surface area contributed by atoms with Crippen LogP contribution in [0.4, 0.5) is 5.82 Å². The van der Waals surface area contributed by atoms with Crippen molar-refractivity contribution >= 4 is 11.6 Å². The quantitative estimate of drug-likeness (QED) is 0.569. The molecule has 0 radical (unpaired) electrons. The summed E-state index contributed by atoms with van der Waals surface area (Å²) in [6.07, 6.45) is 3.55. The highest BCUT2D eigenvalue weighted by Crippen LogP contribution is 2.28. The molecule has 0 unspecified atom stereocenters. The Balaban J connectivity index is 1.37. The molecule has 8 heteroatoms. The van der Waals surface area contributed by atoms with Crippen LogP contribution in [0.25, 0.3) is 17.0 Å². The second-order valence-corrected chi connectivity index (χ2v) is 6.24. The van der Waals surface area contributed by atoms with E-state index in [1.807, 2.05) is 54.2 Å². The van der Waals surface area contributed by atoms with Gasteiger partial charge in [0, 0.05) is 30.4 Å². The summed E-state index contributed by atoms with van der Waals surface area (Å²) in [6, 6.07) is 12.4. The lowest BCUT2D eigenvalue weighted by molar-refractivity contribution is 0.357. The zero-order chi connectivity index (χ0) is 16.8. The van der Waals surface area contributed by atoms with Crippen LogP contribution in [0.1, 0.15) is 11.7 Å². The maximum atomic E-state index is 4.39. The molecular formula is C17H16N8. The van der Waals surface area contributed by atoms with Gasteiger partial charge in [0.15, 0.2) is 0 Å². The zero-order valence-corrected chi connectivity index (χ0v) is 13.7. The average molecular weight is 332 g/mol. The molecule has 0 bridgehead atoms. The summed E-state index contributed by atoms with van der Waals surface area (Å²) in [4.78, 5) is 10.8. The molecule has 124 valence electrons. The van der Waals surface area contributed by atoms with E-state index in [1.165, 1.54) is 6.33 Å². The molecule has 1 aliphatic rings. The first-order valence-corrected chi connectivity index (χ1v) is 8.17. The van der Waals surface area contributed by atoms with E-state index in [0.717, 1.165) is 35.9 Å². The van der Waals surface area contributed by atoms with E-state index in [0.29, 0.717) is 11.8 Å². The SMILES string of the molecule is Cc1cc(N2CC(n3cc(-c4ccccc4)nn3)C2)n2ncnc2n1. The Labute approximate surface area is 143 Å². The lowest BCUT2D eigenvalue weighted by atomic mass is 10.1. The number of aromatic nitrogens is 7. The molecule has 1 aromatic carbocycles. The number of aryl methyl sites for hydroxylation is 1. The molecule has 0 aliphatic carbocycles. The number of benzene rings is 1. The van der Waals surface area contributed by atoms with E-state index >= 15 is 0 Å². The summed E-state index contributed by atoms with van der Waals surface area (Å²) in [5, 5.41) is 12.9. The van der Waals surface area contributed by atoms with Gasteiger partial charge in [-0.25, -0.2) is 9.67 Å². The molecule has 0 saturated carbocycles. The first-order chi connectivity index (χ1) is 12.3. The van der Waals surface area contributed by atoms with Crippen molar-refractivity contribution in [2.45, 2.75) is 13.0 Å². The molecule has 0 N–H and O–H groups in total. The predicted octanol–water partition coefficient (Wildman–Crippen LogP) is 1.75. The van der Waals surface area contributed by atoms with Crippen LogP contribution in [0.5, 0.6) is 0 Å². The maximum Gasteiger partial charge on any atom is 0.254 e. The van der Waals surface area contributed by atoms with Crippen molar-refractivity contribution in [1.29, 1.82) is 0 Å². The van der Waals surface area contributed by atoms with Gasteiger partial charge in [0.2, 0.25) is 0 Å². The summed E-state index contributed by atoms with van der Waals surface area (Å²) in [5.74, 6) is 1.64. The lowest BCUT2D eigenvalue weighted by Crippen LogP contribution is -2.48. The Hall–Kier alpha value is -3.29. The summed E-state index contributed by atoms with van der Waals surface area (Å²) in [6.45, 7) is 3.69. The van der Waals surface area contributed by atoms with Crippen molar-refractivity contribution < 1.29 is 0 Å². The van der Waals surface area contributed by atoms with Crippen molar-refractivity contribution in [1.82, 2.24) is 34.6 Å². The summed E-state index contributed by atoms with van der Waals surface area (Å²) in [5.41, 5.74) is 2.92. The van der Waals surface area contributed by atoms with Gasteiger partial charge < -0.3 is 4.90 Å². The smallest absolute Gasteiger partial charge is 0.254 e. The second-order valence-electron chi connectivity index (χ2n) is 6.24. The molecule has 25 heavy (non-hydrogen) atoms. The minimum Gasteiger partial charge on any atom is -0.352 e. The van der Waals surface area contributed by atoms with E-state index in [9.17, 15) is 0 Å². The molecule has 3 aromatic heterocycles. The molecule has 1 fully saturated rings. The number of nitrogens with zero attached hydrogens (tertiary/aromatic N) is 8. The van der Waals surface area contributed by atoms with Crippen LogP contribution in [0.2, 0.25) is 0 Å². The Morgan fingerprint density at radius 2 is 1.96 bits per heavy atom. The largest absolute Gasteiger partial charge is 0.352 e. The van der Waals surface area contributed by atoms with E-state index in [2.05, 4.69) is 30.3 Å². The highest BCUT2D eigenvalue weighted by molar-refractivity contribution is 5.57. The average Bonchev–Trinajstić information content (AvgIpc) is 3.23. The molecule has 5 rings (SSSR count). The molecular weight excluding hydrogens is 316 g/mol. The van der Waals surface area contributed by atoms with Crippen LogP contribution >= 0.6 is 0 Å². The number of hydrogen-bond donors (Lipinski definition) is 0. The first-order valence-electron chi connectivity index (χ1n) is 8.17. The van der Waals surface area contributed by atoms with Gasteiger partial charge in [-0.1, -0.05) is 35.5 Å². The summed E-state index contributed by atoms with van der Waals surface area (Å²) in [7, 11) is 0. The van der Waals surface area contributed by atoms with Crippen molar-refractivity contribution in [3.05, 3.63) is 54.6 Å². The maximum absolute atomic E-state index is 4.39. The first kappa shape index (κ1) is 14.1. The highest BCUT2D eigenvalue weighted by Gasteiger charge is 2.31. The Kier molecular flexibility index (Phi) is 3.03. The number of hydrogen-bond acceptors (Lipinski definition) is 6. The van der Waals surface area contributed by atoms with Crippen LogP contribution in [0.15, 0.2) is 48.9 Å². The van der Waals surface area contributed by atoms with Crippen molar-refractivity contribution in [2.75, 3.05) is 18.0 Å². The molecule has 4 heterocycles. The molecule has 4 aromatic rings. The fourth-order valence-electron chi connectivity index (χ4n) is 3.14. The summed E-state index contributed by atoms with van der Waals surface area (Å²) < 4.78 is 3.73.